The van der Waals surface area contributed by atoms with Crippen LogP contribution in [-0.2, 0) is 6.42 Å². The standard InChI is InChI=1S/C14H18N2O5/c1-5-13(17)10-7-12(15(18)19)11(6-8(2)3)14(9(10)4)16(20)21/h7-8H,5-6H2,1-4H3. The lowest BCUT2D eigenvalue weighted by Gasteiger charge is -2.11. The molecule has 7 heteroatoms. The Morgan fingerprint density at radius 2 is 1.81 bits per heavy atom. The first-order chi connectivity index (χ1) is 9.70. The van der Waals surface area contributed by atoms with Crippen molar-refractivity contribution < 1.29 is 14.6 Å². The Kier molecular flexibility index (Phi) is 5.12. The van der Waals surface area contributed by atoms with Gasteiger partial charge in [-0.1, -0.05) is 20.8 Å². The van der Waals surface area contributed by atoms with Gasteiger partial charge in [0.05, 0.1) is 9.85 Å². The van der Waals surface area contributed by atoms with Crippen molar-refractivity contribution in [2.75, 3.05) is 0 Å². The van der Waals surface area contributed by atoms with Crippen LogP contribution in [0.3, 0.4) is 0 Å². The number of hydrogen-bond donors (Lipinski definition) is 0. The van der Waals surface area contributed by atoms with Crippen LogP contribution in [0.15, 0.2) is 6.07 Å². The van der Waals surface area contributed by atoms with Crippen molar-refractivity contribution in [3.05, 3.63) is 43.0 Å². The third-order valence-corrected chi connectivity index (χ3v) is 3.25. The molecule has 0 aliphatic carbocycles. The molecule has 1 aromatic carbocycles. The van der Waals surface area contributed by atoms with Gasteiger partial charge in [-0.2, -0.15) is 0 Å². The zero-order valence-corrected chi connectivity index (χ0v) is 12.5. The largest absolute Gasteiger partial charge is 0.294 e. The zero-order chi connectivity index (χ0) is 16.3. The smallest absolute Gasteiger partial charge is 0.283 e. The van der Waals surface area contributed by atoms with E-state index in [4.69, 9.17) is 0 Å². The SMILES string of the molecule is CCC(=O)c1cc([N+](=O)[O-])c(CC(C)C)c([N+](=O)[O-])c1C. The van der Waals surface area contributed by atoms with Crippen LogP contribution in [-0.4, -0.2) is 15.6 Å². The summed E-state index contributed by atoms with van der Waals surface area (Å²) >= 11 is 0. The highest BCUT2D eigenvalue weighted by Crippen LogP contribution is 2.36. The van der Waals surface area contributed by atoms with Gasteiger partial charge in [0.2, 0.25) is 0 Å². The van der Waals surface area contributed by atoms with E-state index in [0.717, 1.165) is 0 Å². The molecule has 1 aromatic rings. The topological polar surface area (TPSA) is 103 Å². The van der Waals surface area contributed by atoms with E-state index < -0.39 is 9.85 Å². The molecule has 0 saturated carbocycles. The number of hydrogen-bond acceptors (Lipinski definition) is 5. The molecule has 7 nitrogen and oxygen atoms in total. The van der Waals surface area contributed by atoms with Crippen molar-refractivity contribution in [2.45, 2.75) is 40.5 Å². The van der Waals surface area contributed by atoms with Crippen LogP contribution < -0.4 is 0 Å². The highest BCUT2D eigenvalue weighted by molar-refractivity contribution is 5.99. The van der Waals surface area contributed by atoms with E-state index in [9.17, 15) is 25.0 Å². The Balaban J connectivity index is 3.76. The summed E-state index contributed by atoms with van der Waals surface area (Å²) in [5.74, 6) is -0.315. The minimum Gasteiger partial charge on any atom is -0.294 e. The second kappa shape index (κ2) is 6.43. The average Bonchev–Trinajstić information content (AvgIpc) is 2.36. The molecule has 0 aromatic heterocycles. The normalized spacial score (nSPS) is 10.7. The van der Waals surface area contributed by atoms with Crippen LogP contribution in [0.5, 0.6) is 0 Å². The second-order valence-electron chi connectivity index (χ2n) is 5.28. The van der Waals surface area contributed by atoms with E-state index in [1.807, 2.05) is 13.8 Å². The quantitative estimate of drug-likeness (QED) is 0.453. The number of nitrogens with zero attached hydrogens (tertiary/aromatic N) is 2. The number of Topliss-reactive ketones (excluding diaryl/α,β-unsaturated/α-hetero) is 1. The Hall–Kier alpha value is -2.31. The van der Waals surface area contributed by atoms with Crippen LogP contribution in [0.25, 0.3) is 0 Å². The maximum atomic E-state index is 11.9. The van der Waals surface area contributed by atoms with Crippen LogP contribution in [0, 0.1) is 33.1 Å². The number of carbonyl (C=O) groups excluding carboxylic acids is 1. The van der Waals surface area contributed by atoms with Gasteiger partial charge in [0.15, 0.2) is 5.78 Å². The molecular formula is C14H18N2O5. The number of rotatable bonds is 6. The van der Waals surface area contributed by atoms with Gasteiger partial charge < -0.3 is 0 Å². The summed E-state index contributed by atoms with van der Waals surface area (Å²) in [7, 11) is 0. The van der Waals surface area contributed by atoms with Gasteiger partial charge in [-0.05, 0) is 19.3 Å². The van der Waals surface area contributed by atoms with Crippen molar-refractivity contribution >= 4 is 17.2 Å². The minimum atomic E-state index is -0.656. The van der Waals surface area contributed by atoms with Crippen molar-refractivity contribution in [1.29, 1.82) is 0 Å². The Morgan fingerprint density at radius 1 is 1.24 bits per heavy atom. The van der Waals surface area contributed by atoms with Crippen molar-refractivity contribution in [2.24, 2.45) is 5.92 Å². The predicted molar refractivity (Wildman–Crippen MR) is 77.7 cm³/mol. The molecule has 0 aliphatic heterocycles. The molecule has 21 heavy (non-hydrogen) atoms. The van der Waals surface area contributed by atoms with Crippen molar-refractivity contribution in [3.8, 4) is 0 Å². The van der Waals surface area contributed by atoms with E-state index in [1.165, 1.54) is 13.0 Å². The number of nitro benzene ring substituents is 2. The molecule has 0 unspecified atom stereocenters. The van der Waals surface area contributed by atoms with Gasteiger partial charge >= 0.3 is 0 Å². The number of benzene rings is 1. The molecule has 0 aliphatic rings. The Morgan fingerprint density at radius 3 is 2.19 bits per heavy atom. The lowest BCUT2D eigenvalue weighted by molar-refractivity contribution is -0.396. The van der Waals surface area contributed by atoms with Crippen LogP contribution >= 0.6 is 0 Å². The van der Waals surface area contributed by atoms with Gasteiger partial charge in [-0.25, -0.2) is 0 Å². The maximum Gasteiger partial charge on any atom is 0.283 e. The van der Waals surface area contributed by atoms with Gasteiger partial charge in [-0.3, -0.25) is 25.0 Å². The van der Waals surface area contributed by atoms with Crippen LogP contribution in [0.4, 0.5) is 11.4 Å². The van der Waals surface area contributed by atoms with E-state index >= 15 is 0 Å². The highest BCUT2D eigenvalue weighted by Gasteiger charge is 2.31. The molecule has 0 N–H and O–H groups in total. The fourth-order valence-electron chi connectivity index (χ4n) is 2.31. The zero-order valence-electron chi connectivity index (χ0n) is 12.5. The molecule has 0 heterocycles. The Labute approximate surface area is 122 Å². The molecule has 0 amide bonds. The summed E-state index contributed by atoms with van der Waals surface area (Å²) < 4.78 is 0. The summed E-state index contributed by atoms with van der Waals surface area (Å²) in [4.78, 5) is 33.1. The van der Waals surface area contributed by atoms with E-state index in [-0.39, 0.29) is 52.6 Å². The van der Waals surface area contributed by atoms with Crippen molar-refractivity contribution in [1.82, 2.24) is 0 Å². The van der Waals surface area contributed by atoms with Crippen LogP contribution in [0.1, 0.15) is 48.7 Å². The first kappa shape index (κ1) is 16.7. The van der Waals surface area contributed by atoms with E-state index in [0.29, 0.717) is 0 Å². The van der Waals surface area contributed by atoms with Crippen LogP contribution in [0.2, 0.25) is 0 Å². The monoisotopic (exact) mass is 294 g/mol. The van der Waals surface area contributed by atoms with E-state index in [2.05, 4.69) is 0 Å². The van der Waals surface area contributed by atoms with E-state index in [1.54, 1.807) is 6.92 Å². The third kappa shape index (κ3) is 3.42. The van der Waals surface area contributed by atoms with Gasteiger partial charge in [0, 0.05) is 23.6 Å². The highest BCUT2D eigenvalue weighted by atomic mass is 16.6. The lowest BCUT2D eigenvalue weighted by atomic mass is 9.92. The first-order valence-electron chi connectivity index (χ1n) is 6.69. The predicted octanol–water partition coefficient (Wildman–Crippen LogP) is 3.60. The van der Waals surface area contributed by atoms with Gasteiger partial charge in [-0.15, -0.1) is 0 Å². The summed E-state index contributed by atoms with van der Waals surface area (Å²) in [5, 5.41) is 22.6. The number of carbonyl (C=O) groups is 1. The second-order valence-corrected chi connectivity index (χ2v) is 5.28. The molecule has 0 saturated heterocycles. The maximum absolute atomic E-state index is 11.9. The summed E-state index contributed by atoms with van der Waals surface area (Å²) in [5.41, 5.74) is -0.311. The van der Waals surface area contributed by atoms with Gasteiger partial charge in [0.1, 0.15) is 5.56 Å². The van der Waals surface area contributed by atoms with Gasteiger partial charge in [0.25, 0.3) is 11.4 Å². The third-order valence-electron chi connectivity index (χ3n) is 3.25. The molecule has 0 radical (unpaired) electrons. The fourth-order valence-corrected chi connectivity index (χ4v) is 2.31. The molecule has 0 spiro atoms. The molecule has 114 valence electrons. The Bertz CT molecular complexity index is 608. The molecular weight excluding hydrogens is 276 g/mol. The molecule has 1 rings (SSSR count). The minimum absolute atomic E-state index is 0.0227. The number of nitro groups is 2. The van der Waals surface area contributed by atoms with Crippen molar-refractivity contribution in [3.63, 3.8) is 0 Å². The lowest BCUT2D eigenvalue weighted by Crippen LogP contribution is -2.10. The fraction of sp³-hybridized carbons (Fsp3) is 0.500. The number of ketones is 1. The summed E-state index contributed by atoms with van der Waals surface area (Å²) in [6.07, 6.45) is 0.354. The molecule has 0 bridgehead atoms. The molecule has 0 fully saturated rings. The summed E-state index contributed by atoms with van der Waals surface area (Å²) in [6, 6.07) is 1.17. The first-order valence-corrected chi connectivity index (χ1v) is 6.69. The average molecular weight is 294 g/mol. The molecule has 0 atom stereocenters. The summed E-state index contributed by atoms with van der Waals surface area (Å²) in [6.45, 7) is 6.73.